The number of thiocarbonyl (C=S) groups is 1. The quantitative estimate of drug-likeness (QED) is 0.502. The van der Waals surface area contributed by atoms with Crippen molar-refractivity contribution in [2.75, 3.05) is 7.11 Å². The van der Waals surface area contributed by atoms with Crippen LogP contribution in [-0.2, 0) is 9.53 Å². The minimum Gasteiger partial charge on any atom is -0.465 e. The zero-order valence-corrected chi connectivity index (χ0v) is 14.8. The lowest BCUT2D eigenvalue weighted by molar-refractivity contribution is -0.115. The first-order valence-corrected chi connectivity index (χ1v) is 8.49. The van der Waals surface area contributed by atoms with Crippen molar-refractivity contribution < 1.29 is 19.1 Å². The van der Waals surface area contributed by atoms with Gasteiger partial charge in [-0.2, -0.15) is 0 Å². The summed E-state index contributed by atoms with van der Waals surface area (Å²) in [7, 11) is 1.32. The van der Waals surface area contributed by atoms with E-state index in [0.717, 1.165) is 5.56 Å². The van der Waals surface area contributed by atoms with E-state index in [9.17, 15) is 9.59 Å². The fourth-order valence-electron chi connectivity index (χ4n) is 2.20. The molecule has 0 aromatic heterocycles. The van der Waals surface area contributed by atoms with Crippen molar-refractivity contribution in [1.29, 1.82) is 0 Å². The normalized spacial score (nSPS) is 15.2. The third-order valence-corrected chi connectivity index (χ3v) is 4.48. The van der Waals surface area contributed by atoms with E-state index in [-0.39, 0.29) is 5.91 Å². The lowest BCUT2D eigenvalue weighted by Gasteiger charge is -2.10. The Morgan fingerprint density at radius 3 is 2.72 bits per heavy atom. The van der Waals surface area contributed by atoms with Gasteiger partial charge < -0.3 is 14.8 Å². The van der Waals surface area contributed by atoms with E-state index in [1.165, 1.54) is 18.9 Å². The molecule has 1 aliphatic rings. The summed E-state index contributed by atoms with van der Waals surface area (Å²) in [6, 6.07) is 14.0. The first-order valence-electron chi connectivity index (χ1n) is 7.27. The maximum absolute atomic E-state index is 11.8. The molecule has 0 radical (unpaired) electrons. The van der Waals surface area contributed by atoms with E-state index in [2.05, 4.69) is 5.32 Å². The van der Waals surface area contributed by atoms with Gasteiger partial charge in [-0.1, -0.05) is 48.2 Å². The van der Waals surface area contributed by atoms with Crippen LogP contribution in [0, 0.1) is 0 Å². The maximum atomic E-state index is 11.8. The average molecular weight is 371 g/mol. The molecule has 0 aliphatic carbocycles. The summed E-state index contributed by atoms with van der Waals surface area (Å²) in [5.41, 5.74) is 1.13. The lowest BCUT2D eigenvalue weighted by atomic mass is 10.2. The van der Waals surface area contributed by atoms with Gasteiger partial charge in [-0.3, -0.25) is 4.79 Å². The number of esters is 1. The molecule has 1 N–H and O–H groups in total. The Labute approximate surface area is 154 Å². The van der Waals surface area contributed by atoms with Gasteiger partial charge in [0.25, 0.3) is 5.91 Å². The van der Waals surface area contributed by atoms with Crippen molar-refractivity contribution in [3.05, 3.63) is 64.6 Å². The molecular formula is C18H13NO4S2. The number of hydrogen-bond donors (Lipinski definition) is 1. The van der Waals surface area contributed by atoms with Gasteiger partial charge in [0, 0.05) is 0 Å². The predicted molar refractivity (Wildman–Crippen MR) is 101 cm³/mol. The number of ether oxygens (including phenoxy) is 2. The van der Waals surface area contributed by atoms with Crippen LogP contribution in [0.1, 0.15) is 15.9 Å². The molecule has 126 valence electrons. The van der Waals surface area contributed by atoms with Crippen LogP contribution >= 0.6 is 24.0 Å². The van der Waals surface area contributed by atoms with Crippen LogP contribution in [0.15, 0.2) is 53.4 Å². The van der Waals surface area contributed by atoms with Crippen LogP contribution in [0.3, 0.4) is 0 Å². The van der Waals surface area contributed by atoms with Crippen molar-refractivity contribution >= 4 is 46.3 Å². The molecule has 2 aromatic rings. The molecule has 1 saturated heterocycles. The third-order valence-electron chi connectivity index (χ3n) is 3.32. The monoisotopic (exact) mass is 371 g/mol. The third kappa shape index (κ3) is 4.07. The highest BCUT2D eigenvalue weighted by Crippen LogP contribution is 2.29. The van der Waals surface area contributed by atoms with Gasteiger partial charge in [0.2, 0.25) is 0 Å². The summed E-state index contributed by atoms with van der Waals surface area (Å²) in [5, 5.41) is 2.57. The number of carbonyl (C=O) groups excluding carboxylic acids is 2. The van der Waals surface area contributed by atoms with Crippen LogP contribution in [0.25, 0.3) is 6.08 Å². The van der Waals surface area contributed by atoms with Gasteiger partial charge >= 0.3 is 5.97 Å². The topological polar surface area (TPSA) is 64.6 Å². The summed E-state index contributed by atoms with van der Waals surface area (Å²) in [5.74, 6) is 0.253. The molecule has 1 fully saturated rings. The molecule has 0 spiro atoms. The standard InChI is InChI=1S/C18H13NO4S2/c1-22-17(21)13-7-2-3-8-14(13)23-12-6-4-5-11(9-12)10-15-16(20)19-18(24)25-15/h2-10H,1H3,(H,19,20,24). The van der Waals surface area contributed by atoms with E-state index in [1.54, 1.807) is 48.5 Å². The SMILES string of the molecule is COC(=O)c1ccccc1Oc1cccc(C=C2SC(=S)NC2=O)c1. The van der Waals surface area contributed by atoms with Crippen molar-refractivity contribution in [3.8, 4) is 11.5 Å². The second-order valence-electron chi connectivity index (χ2n) is 5.01. The molecule has 2 aromatic carbocycles. The number of thioether (sulfide) groups is 1. The number of rotatable bonds is 4. The van der Waals surface area contributed by atoms with Crippen LogP contribution in [0.5, 0.6) is 11.5 Å². The molecule has 0 saturated carbocycles. The molecule has 0 unspecified atom stereocenters. The fraction of sp³-hybridized carbons (Fsp3) is 0.0556. The number of amides is 1. The first kappa shape index (κ1) is 17.2. The molecule has 1 heterocycles. The Morgan fingerprint density at radius 1 is 1.20 bits per heavy atom. The molecule has 1 amide bonds. The van der Waals surface area contributed by atoms with Crippen molar-refractivity contribution in [3.63, 3.8) is 0 Å². The molecule has 25 heavy (non-hydrogen) atoms. The number of methoxy groups -OCH3 is 1. The van der Waals surface area contributed by atoms with Crippen LogP contribution < -0.4 is 10.1 Å². The molecule has 0 bridgehead atoms. The highest BCUT2D eigenvalue weighted by Gasteiger charge is 2.22. The van der Waals surface area contributed by atoms with E-state index in [0.29, 0.717) is 26.3 Å². The molecule has 1 aliphatic heterocycles. The van der Waals surface area contributed by atoms with Crippen molar-refractivity contribution in [2.45, 2.75) is 0 Å². The van der Waals surface area contributed by atoms with E-state index in [4.69, 9.17) is 21.7 Å². The van der Waals surface area contributed by atoms with Crippen LogP contribution in [0.4, 0.5) is 0 Å². The van der Waals surface area contributed by atoms with Crippen LogP contribution in [-0.4, -0.2) is 23.3 Å². The molecule has 3 rings (SSSR count). The number of nitrogens with one attached hydrogen (secondary N) is 1. The lowest BCUT2D eigenvalue weighted by Crippen LogP contribution is -2.17. The maximum Gasteiger partial charge on any atom is 0.341 e. The Kier molecular flexibility index (Phi) is 5.16. The predicted octanol–water partition coefficient (Wildman–Crippen LogP) is 3.75. The second kappa shape index (κ2) is 7.50. The largest absolute Gasteiger partial charge is 0.465 e. The van der Waals surface area contributed by atoms with Gasteiger partial charge in [0.1, 0.15) is 21.4 Å². The van der Waals surface area contributed by atoms with Crippen LogP contribution in [0.2, 0.25) is 0 Å². The Morgan fingerprint density at radius 2 is 2.00 bits per heavy atom. The number of benzene rings is 2. The summed E-state index contributed by atoms with van der Waals surface area (Å²) in [6.45, 7) is 0. The minimum absolute atomic E-state index is 0.211. The summed E-state index contributed by atoms with van der Waals surface area (Å²) < 4.78 is 11.0. The fourth-order valence-corrected chi connectivity index (χ4v) is 3.25. The van der Waals surface area contributed by atoms with Gasteiger partial charge in [-0.05, 0) is 35.9 Å². The number of para-hydroxylation sites is 1. The number of hydrogen-bond acceptors (Lipinski definition) is 6. The zero-order chi connectivity index (χ0) is 17.8. The van der Waals surface area contributed by atoms with Crippen molar-refractivity contribution in [1.82, 2.24) is 5.32 Å². The Bertz CT molecular complexity index is 892. The molecule has 7 heteroatoms. The second-order valence-corrected chi connectivity index (χ2v) is 6.73. The molecule has 5 nitrogen and oxygen atoms in total. The number of carbonyl (C=O) groups is 2. The Balaban J connectivity index is 1.86. The van der Waals surface area contributed by atoms with Gasteiger partial charge in [0.15, 0.2) is 0 Å². The Hall–Kier alpha value is -2.64. The summed E-state index contributed by atoms with van der Waals surface area (Å²) in [6.07, 6.45) is 1.73. The van der Waals surface area contributed by atoms with Crippen molar-refractivity contribution in [2.24, 2.45) is 0 Å². The minimum atomic E-state index is -0.471. The molecule has 0 atom stereocenters. The van der Waals surface area contributed by atoms with E-state index < -0.39 is 5.97 Å². The summed E-state index contributed by atoms with van der Waals surface area (Å²) >= 11 is 6.19. The first-order chi connectivity index (χ1) is 12.1. The van der Waals surface area contributed by atoms with Gasteiger partial charge in [-0.15, -0.1) is 0 Å². The highest BCUT2D eigenvalue weighted by molar-refractivity contribution is 8.26. The zero-order valence-electron chi connectivity index (χ0n) is 13.1. The smallest absolute Gasteiger partial charge is 0.341 e. The van der Waals surface area contributed by atoms with Gasteiger partial charge in [0.05, 0.1) is 12.0 Å². The average Bonchev–Trinajstić information content (AvgIpc) is 2.92. The van der Waals surface area contributed by atoms with E-state index >= 15 is 0 Å². The highest BCUT2D eigenvalue weighted by atomic mass is 32.2. The summed E-state index contributed by atoms with van der Waals surface area (Å²) in [4.78, 5) is 24.1. The molecular weight excluding hydrogens is 358 g/mol. The van der Waals surface area contributed by atoms with Gasteiger partial charge in [-0.25, -0.2) is 4.79 Å². The van der Waals surface area contributed by atoms with E-state index in [1.807, 2.05) is 6.07 Å².